The summed E-state index contributed by atoms with van der Waals surface area (Å²) in [4.78, 5) is 6.91. The van der Waals surface area contributed by atoms with E-state index in [1.807, 2.05) is 18.5 Å². The molecule has 3 nitrogen and oxygen atoms in total. The first-order valence-corrected chi connectivity index (χ1v) is 8.62. The van der Waals surface area contributed by atoms with Gasteiger partial charge in [0, 0.05) is 31.5 Å². The van der Waals surface area contributed by atoms with Gasteiger partial charge in [-0.05, 0) is 47.1 Å². The molecule has 0 N–H and O–H groups in total. The van der Waals surface area contributed by atoms with E-state index in [1.54, 1.807) is 0 Å². The molecule has 3 heterocycles. The lowest BCUT2D eigenvalue weighted by Gasteiger charge is -2.25. The van der Waals surface area contributed by atoms with Gasteiger partial charge in [0.25, 0.3) is 0 Å². The van der Waals surface area contributed by atoms with Gasteiger partial charge in [-0.1, -0.05) is 31.2 Å². The van der Waals surface area contributed by atoms with Crippen molar-refractivity contribution in [3.05, 3.63) is 65.0 Å². The Bertz CT molecular complexity index is 671. The van der Waals surface area contributed by atoms with Crippen LogP contribution in [-0.4, -0.2) is 23.0 Å². The van der Waals surface area contributed by atoms with Crippen molar-refractivity contribution in [3.63, 3.8) is 0 Å². The fraction of sp³-hybridized carbons (Fsp3) is 0.450. The van der Waals surface area contributed by atoms with Crippen molar-refractivity contribution >= 4 is 0 Å². The molecule has 0 saturated carbocycles. The standard InChI is InChI=1S/C20H24N2O/c1-15-9-20(18-3-2-7-21-11-18)22(12-15)13-16-4-5-17-6-8-23-14-19(17)10-16/h2-5,7,10-11,15,20H,6,8-9,12-14H2,1H3. The van der Waals surface area contributed by atoms with Crippen LogP contribution in [0.1, 0.15) is 41.6 Å². The molecule has 2 unspecified atom stereocenters. The summed E-state index contributed by atoms with van der Waals surface area (Å²) >= 11 is 0. The highest BCUT2D eigenvalue weighted by Crippen LogP contribution is 2.36. The summed E-state index contributed by atoms with van der Waals surface area (Å²) in [5.74, 6) is 0.737. The third-order valence-corrected chi connectivity index (χ3v) is 5.11. The van der Waals surface area contributed by atoms with E-state index in [0.29, 0.717) is 6.04 Å². The SMILES string of the molecule is CC1CC(c2cccnc2)N(Cc2ccc3c(c2)COCC3)C1. The Morgan fingerprint density at radius 1 is 1.26 bits per heavy atom. The minimum atomic E-state index is 0.492. The average molecular weight is 308 g/mol. The first-order valence-electron chi connectivity index (χ1n) is 8.62. The van der Waals surface area contributed by atoms with Crippen molar-refractivity contribution in [2.24, 2.45) is 5.92 Å². The van der Waals surface area contributed by atoms with Crippen molar-refractivity contribution in [3.8, 4) is 0 Å². The van der Waals surface area contributed by atoms with Crippen LogP contribution in [0.5, 0.6) is 0 Å². The maximum Gasteiger partial charge on any atom is 0.0719 e. The summed E-state index contributed by atoms with van der Waals surface area (Å²) in [5, 5.41) is 0. The van der Waals surface area contributed by atoms with Crippen LogP contribution in [0, 0.1) is 5.92 Å². The fourth-order valence-electron chi connectivity index (χ4n) is 3.98. The molecule has 0 radical (unpaired) electrons. The van der Waals surface area contributed by atoms with Gasteiger partial charge in [-0.15, -0.1) is 0 Å². The van der Waals surface area contributed by atoms with Crippen molar-refractivity contribution in [1.82, 2.24) is 9.88 Å². The van der Waals surface area contributed by atoms with Crippen LogP contribution in [0.2, 0.25) is 0 Å². The molecule has 0 spiro atoms. The first-order chi connectivity index (χ1) is 11.3. The first kappa shape index (κ1) is 14.9. The molecule has 4 rings (SSSR count). The predicted molar refractivity (Wildman–Crippen MR) is 91.0 cm³/mol. The van der Waals surface area contributed by atoms with Crippen LogP contribution in [0.25, 0.3) is 0 Å². The molecule has 2 atom stereocenters. The van der Waals surface area contributed by atoms with Gasteiger partial charge in [0.2, 0.25) is 0 Å². The second-order valence-corrected chi connectivity index (χ2v) is 6.98. The number of hydrogen-bond donors (Lipinski definition) is 0. The molecule has 1 aromatic heterocycles. The number of likely N-dealkylation sites (tertiary alicyclic amines) is 1. The third-order valence-electron chi connectivity index (χ3n) is 5.11. The van der Waals surface area contributed by atoms with E-state index < -0.39 is 0 Å². The van der Waals surface area contributed by atoms with Crippen LogP contribution in [0.3, 0.4) is 0 Å². The van der Waals surface area contributed by atoms with Crippen molar-refractivity contribution < 1.29 is 4.74 Å². The maximum atomic E-state index is 5.61. The van der Waals surface area contributed by atoms with Gasteiger partial charge in [0.15, 0.2) is 0 Å². The van der Waals surface area contributed by atoms with E-state index in [0.717, 1.165) is 38.6 Å². The number of rotatable bonds is 3. The second-order valence-electron chi connectivity index (χ2n) is 6.98. The van der Waals surface area contributed by atoms with Gasteiger partial charge in [-0.25, -0.2) is 0 Å². The Morgan fingerprint density at radius 2 is 2.22 bits per heavy atom. The van der Waals surface area contributed by atoms with Crippen LogP contribution < -0.4 is 0 Å². The van der Waals surface area contributed by atoms with E-state index in [2.05, 4.69) is 41.1 Å². The Morgan fingerprint density at radius 3 is 3.09 bits per heavy atom. The van der Waals surface area contributed by atoms with Gasteiger partial charge in [0.1, 0.15) is 0 Å². The average Bonchev–Trinajstić information content (AvgIpc) is 2.96. The van der Waals surface area contributed by atoms with Crippen LogP contribution >= 0.6 is 0 Å². The van der Waals surface area contributed by atoms with E-state index in [1.165, 1.54) is 28.7 Å². The van der Waals surface area contributed by atoms with Gasteiger partial charge < -0.3 is 4.74 Å². The quantitative estimate of drug-likeness (QED) is 0.864. The number of ether oxygens (including phenoxy) is 1. The Kier molecular flexibility index (Phi) is 4.15. The highest BCUT2D eigenvalue weighted by atomic mass is 16.5. The molecule has 3 heteroatoms. The summed E-state index contributed by atoms with van der Waals surface area (Å²) in [6.07, 6.45) is 6.15. The minimum Gasteiger partial charge on any atom is -0.376 e. The second kappa shape index (κ2) is 6.42. The molecule has 1 aromatic carbocycles. The molecule has 2 aliphatic heterocycles. The van der Waals surface area contributed by atoms with E-state index in [4.69, 9.17) is 4.74 Å². The zero-order valence-corrected chi connectivity index (χ0v) is 13.7. The lowest BCUT2D eigenvalue weighted by atomic mass is 9.99. The summed E-state index contributed by atoms with van der Waals surface area (Å²) in [7, 11) is 0. The highest BCUT2D eigenvalue weighted by molar-refractivity contribution is 5.33. The zero-order chi connectivity index (χ0) is 15.6. The smallest absolute Gasteiger partial charge is 0.0719 e. The Labute approximate surface area is 138 Å². The number of hydrogen-bond acceptors (Lipinski definition) is 3. The van der Waals surface area contributed by atoms with Crippen molar-refractivity contribution in [2.75, 3.05) is 13.2 Å². The van der Waals surface area contributed by atoms with Gasteiger partial charge >= 0.3 is 0 Å². The molecule has 2 aliphatic rings. The normalized spacial score (nSPS) is 24.6. The van der Waals surface area contributed by atoms with Gasteiger partial charge in [-0.3, -0.25) is 9.88 Å². The number of nitrogens with zero attached hydrogens (tertiary/aromatic N) is 2. The molecule has 0 bridgehead atoms. The molecule has 0 aliphatic carbocycles. The van der Waals surface area contributed by atoms with E-state index in [-0.39, 0.29) is 0 Å². The van der Waals surface area contributed by atoms with E-state index in [9.17, 15) is 0 Å². The van der Waals surface area contributed by atoms with Crippen molar-refractivity contribution in [1.29, 1.82) is 0 Å². The van der Waals surface area contributed by atoms with Gasteiger partial charge in [-0.2, -0.15) is 0 Å². The third kappa shape index (κ3) is 3.17. The summed E-state index contributed by atoms with van der Waals surface area (Å²) in [6.45, 7) is 6.15. The molecule has 23 heavy (non-hydrogen) atoms. The molecule has 2 aromatic rings. The molecular weight excluding hydrogens is 284 g/mol. The summed E-state index contributed by atoms with van der Waals surface area (Å²) < 4.78 is 5.61. The molecule has 1 saturated heterocycles. The maximum absolute atomic E-state index is 5.61. The highest BCUT2D eigenvalue weighted by Gasteiger charge is 2.30. The Balaban J connectivity index is 1.55. The lowest BCUT2D eigenvalue weighted by Crippen LogP contribution is -2.23. The number of aromatic nitrogens is 1. The van der Waals surface area contributed by atoms with E-state index >= 15 is 0 Å². The van der Waals surface area contributed by atoms with Gasteiger partial charge in [0.05, 0.1) is 13.2 Å². The number of benzene rings is 1. The molecular formula is C20H24N2O. The number of pyridine rings is 1. The predicted octanol–water partition coefficient (Wildman–Crippen LogP) is 3.74. The number of fused-ring (bicyclic) bond motifs is 1. The molecule has 0 amide bonds. The van der Waals surface area contributed by atoms with Crippen LogP contribution in [-0.2, 0) is 24.3 Å². The largest absolute Gasteiger partial charge is 0.376 e. The topological polar surface area (TPSA) is 25.4 Å². The zero-order valence-electron chi connectivity index (χ0n) is 13.7. The molecule has 120 valence electrons. The molecule has 1 fully saturated rings. The lowest BCUT2D eigenvalue weighted by molar-refractivity contribution is 0.110. The fourth-order valence-corrected chi connectivity index (χ4v) is 3.98. The summed E-state index contributed by atoms with van der Waals surface area (Å²) in [6, 6.07) is 11.7. The summed E-state index contributed by atoms with van der Waals surface area (Å²) in [5.41, 5.74) is 5.58. The van der Waals surface area contributed by atoms with Crippen molar-refractivity contribution in [2.45, 2.75) is 39.0 Å². The van der Waals surface area contributed by atoms with Crippen LogP contribution in [0.15, 0.2) is 42.7 Å². The minimum absolute atomic E-state index is 0.492. The monoisotopic (exact) mass is 308 g/mol. The van der Waals surface area contributed by atoms with Crippen LogP contribution in [0.4, 0.5) is 0 Å². The Hall–Kier alpha value is -1.71.